The molecule has 1 N–H and O–H groups in total. The summed E-state index contributed by atoms with van der Waals surface area (Å²) < 4.78 is 12.9. The van der Waals surface area contributed by atoms with Crippen molar-refractivity contribution in [1.29, 1.82) is 0 Å². The second kappa shape index (κ2) is 7.59. The standard InChI is InChI=1S/C18H21BrN4O4/c1-18(2,3)27-17(25)22-9-10-23-13(11-22)14(15(19)21-23)20-16(24)26-12-7-5-4-6-8-12/h4-8H,9-11H2,1-3H3,(H,20,24). The number of hydrogen-bond donors (Lipinski definition) is 1. The zero-order chi connectivity index (χ0) is 19.6. The van der Waals surface area contributed by atoms with Gasteiger partial charge in [-0.25, -0.2) is 9.59 Å². The number of benzene rings is 1. The van der Waals surface area contributed by atoms with Crippen LogP contribution >= 0.6 is 15.9 Å². The Kier molecular flexibility index (Phi) is 5.41. The second-order valence-electron chi connectivity index (χ2n) is 7.07. The number of halogens is 1. The summed E-state index contributed by atoms with van der Waals surface area (Å²) in [5, 5.41) is 7.07. The molecule has 1 aliphatic heterocycles. The van der Waals surface area contributed by atoms with E-state index in [0.29, 0.717) is 34.8 Å². The van der Waals surface area contributed by atoms with Crippen LogP contribution in [0.3, 0.4) is 0 Å². The van der Waals surface area contributed by atoms with Gasteiger partial charge in [-0.15, -0.1) is 0 Å². The van der Waals surface area contributed by atoms with Crippen LogP contribution in [0.4, 0.5) is 15.3 Å². The predicted octanol–water partition coefficient (Wildman–Crippen LogP) is 4.01. The molecule has 2 amide bonds. The lowest BCUT2D eigenvalue weighted by molar-refractivity contribution is 0.0195. The molecule has 0 bridgehead atoms. The molecular weight excluding hydrogens is 416 g/mol. The van der Waals surface area contributed by atoms with Crippen molar-refractivity contribution in [3.05, 3.63) is 40.6 Å². The van der Waals surface area contributed by atoms with Crippen LogP contribution in [0.1, 0.15) is 26.5 Å². The number of carbonyl (C=O) groups excluding carboxylic acids is 2. The first-order valence-electron chi connectivity index (χ1n) is 8.50. The van der Waals surface area contributed by atoms with Crippen molar-refractivity contribution in [1.82, 2.24) is 14.7 Å². The molecule has 0 unspecified atom stereocenters. The van der Waals surface area contributed by atoms with Crippen molar-refractivity contribution >= 4 is 33.8 Å². The maximum Gasteiger partial charge on any atom is 0.417 e. The van der Waals surface area contributed by atoms with E-state index < -0.39 is 17.8 Å². The zero-order valence-corrected chi connectivity index (χ0v) is 16.9. The van der Waals surface area contributed by atoms with Crippen LogP contribution in [0.15, 0.2) is 34.9 Å². The van der Waals surface area contributed by atoms with Gasteiger partial charge < -0.3 is 14.4 Å². The number of anilines is 1. The summed E-state index contributed by atoms with van der Waals surface area (Å²) in [6, 6.07) is 8.76. The largest absolute Gasteiger partial charge is 0.444 e. The van der Waals surface area contributed by atoms with Gasteiger partial charge in [-0.2, -0.15) is 5.10 Å². The van der Waals surface area contributed by atoms with Gasteiger partial charge >= 0.3 is 12.2 Å². The highest BCUT2D eigenvalue weighted by molar-refractivity contribution is 9.10. The first-order valence-corrected chi connectivity index (χ1v) is 9.29. The van der Waals surface area contributed by atoms with Crippen molar-refractivity contribution in [2.24, 2.45) is 0 Å². The molecule has 2 heterocycles. The van der Waals surface area contributed by atoms with E-state index in [1.165, 1.54) is 0 Å². The van der Waals surface area contributed by atoms with E-state index in [1.54, 1.807) is 33.8 Å². The number of amides is 2. The SMILES string of the molecule is CC(C)(C)OC(=O)N1CCn2nc(Br)c(NC(=O)Oc3ccccc3)c2C1. The normalized spacial score (nSPS) is 13.7. The Balaban J connectivity index is 1.73. The summed E-state index contributed by atoms with van der Waals surface area (Å²) in [6.45, 7) is 6.72. The van der Waals surface area contributed by atoms with E-state index in [4.69, 9.17) is 9.47 Å². The third kappa shape index (κ3) is 4.79. The lowest BCUT2D eigenvalue weighted by Gasteiger charge is -2.30. The number of para-hydroxylation sites is 1. The number of nitrogens with one attached hydrogen (secondary N) is 1. The average molecular weight is 437 g/mol. The fourth-order valence-corrected chi connectivity index (χ4v) is 3.13. The van der Waals surface area contributed by atoms with Crippen LogP contribution in [0, 0.1) is 0 Å². The van der Waals surface area contributed by atoms with Gasteiger partial charge in [-0.05, 0) is 48.8 Å². The fraction of sp³-hybridized carbons (Fsp3) is 0.389. The minimum Gasteiger partial charge on any atom is -0.444 e. The molecule has 0 spiro atoms. The highest BCUT2D eigenvalue weighted by atomic mass is 79.9. The molecule has 0 saturated carbocycles. The molecule has 0 fully saturated rings. The van der Waals surface area contributed by atoms with Crippen LogP contribution in [0.5, 0.6) is 5.75 Å². The summed E-state index contributed by atoms with van der Waals surface area (Å²) in [5.74, 6) is 0.433. The van der Waals surface area contributed by atoms with Gasteiger partial charge in [-0.3, -0.25) is 10.00 Å². The van der Waals surface area contributed by atoms with Crippen LogP contribution in [-0.4, -0.2) is 39.0 Å². The van der Waals surface area contributed by atoms with Crippen LogP contribution in [0.2, 0.25) is 0 Å². The molecule has 1 aromatic heterocycles. The lowest BCUT2D eigenvalue weighted by atomic mass is 10.2. The van der Waals surface area contributed by atoms with Crippen LogP contribution in [0.25, 0.3) is 0 Å². The van der Waals surface area contributed by atoms with Gasteiger partial charge in [0.25, 0.3) is 0 Å². The number of fused-ring (bicyclic) bond motifs is 1. The predicted molar refractivity (Wildman–Crippen MR) is 103 cm³/mol. The average Bonchev–Trinajstić information content (AvgIpc) is 2.89. The van der Waals surface area contributed by atoms with Crippen molar-refractivity contribution in [3.63, 3.8) is 0 Å². The van der Waals surface area contributed by atoms with Crippen molar-refractivity contribution in [2.45, 2.75) is 39.5 Å². The second-order valence-corrected chi connectivity index (χ2v) is 7.82. The highest BCUT2D eigenvalue weighted by Crippen LogP contribution is 2.30. The monoisotopic (exact) mass is 436 g/mol. The van der Waals surface area contributed by atoms with Crippen molar-refractivity contribution in [3.8, 4) is 5.75 Å². The summed E-state index contributed by atoms with van der Waals surface area (Å²) >= 11 is 3.36. The third-order valence-electron chi connectivity index (χ3n) is 3.77. The summed E-state index contributed by atoms with van der Waals surface area (Å²) in [4.78, 5) is 26.2. The molecule has 144 valence electrons. The van der Waals surface area contributed by atoms with E-state index in [9.17, 15) is 9.59 Å². The van der Waals surface area contributed by atoms with E-state index in [-0.39, 0.29) is 6.54 Å². The van der Waals surface area contributed by atoms with Gasteiger partial charge in [0.05, 0.1) is 18.8 Å². The van der Waals surface area contributed by atoms with Crippen LogP contribution in [-0.2, 0) is 17.8 Å². The number of carbonyl (C=O) groups is 2. The molecule has 8 nitrogen and oxygen atoms in total. The number of aromatic nitrogens is 2. The molecule has 1 aromatic carbocycles. The Morgan fingerprint density at radius 3 is 2.56 bits per heavy atom. The minimum absolute atomic E-state index is 0.272. The maximum atomic E-state index is 12.4. The molecule has 0 radical (unpaired) electrons. The number of rotatable bonds is 2. The smallest absolute Gasteiger partial charge is 0.417 e. The lowest BCUT2D eigenvalue weighted by Crippen LogP contribution is -2.41. The molecule has 3 rings (SSSR count). The van der Waals surface area contributed by atoms with Gasteiger partial charge in [0, 0.05) is 6.54 Å². The van der Waals surface area contributed by atoms with E-state index in [2.05, 4.69) is 26.3 Å². The van der Waals surface area contributed by atoms with E-state index in [0.717, 1.165) is 0 Å². The number of nitrogens with zero attached hydrogens (tertiary/aromatic N) is 3. The Morgan fingerprint density at radius 2 is 1.89 bits per heavy atom. The quantitative estimate of drug-likeness (QED) is 0.768. The van der Waals surface area contributed by atoms with Gasteiger partial charge in [-0.1, -0.05) is 18.2 Å². The topological polar surface area (TPSA) is 85.7 Å². The molecule has 9 heteroatoms. The van der Waals surface area contributed by atoms with Crippen LogP contribution < -0.4 is 10.1 Å². The third-order valence-corrected chi connectivity index (χ3v) is 4.32. The Bertz CT molecular complexity index is 845. The van der Waals surface area contributed by atoms with Crippen molar-refractivity contribution in [2.75, 3.05) is 11.9 Å². The zero-order valence-electron chi connectivity index (χ0n) is 15.4. The van der Waals surface area contributed by atoms with Gasteiger partial charge in [0.15, 0.2) is 4.60 Å². The first kappa shape index (κ1) is 19.2. The van der Waals surface area contributed by atoms with Gasteiger partial charge in [0.2, 0.25) is 0 Å². The molecule has 0 aliphatic carbocycles. The molecule has 2 aromatic rings. The first-order chi connectivity index (χ1) is 12.7. The minimum atomic E-state index is -0.632. The Morgan fingerprint density at radius 1 is 1.19 bits per heavy atom. The van der Waals surface area contributed by atoms with E-state index >= 15 is 0 Å². The van der Waals surface area contributed by atoms with Gasteiger partial charge in [0.1, 0.15) is 17.0 Å². The van der Waals surface area contributed by atoms with Crippen molar-refractivity contribution < 1.29 is 19.1 Å². The summed E-state index contributed by atoms with van der Waals surface area (Å²) in [7, 11) is 0. The number of hydrogen-bond acceptors (Lipinski definition) is 5. The Hall–Kier alpha value is -2.55. The summed E-state index contributed by atoms with van der Waals surface area (Å²) in [5.41, 5.74) is 0.601. The molecule has 0 atom stereocenters. The fourth-order valence-electron chi connectivity index (χ4n) is 2.61. The van der Waals surface area contributed by atoms with E-state index in [1.807, 2.05) is 26.8 Å². The number of ether oxygens (including phenoxy) is 2. The highest BCUT2D eigenvalue weighted by Gasteiger charge is 2.30. The molecule has 1 aliphatic rings. The maximum absolute atomic E-state index is 12.4. The Labute approximate surface area is 165 Å². The molecule has 27 heavy (non-hydrogen) atoms. The summed E-state index contributed by atoms with van der Waals surface area (Å²) in [6.07, 6.45) is -1.03. The molecular formula is C18H21BrN4O4. The molecule has 0 saturated heterocycles.